The first-order valence-corrected chi connectivity index (χ1v) is 8.51. The third kappa shape index (κ3) is 3.58. The summed E-state index contributed by atoms with van der Waals surface area (Å²) in [5.41, 5.74) is 9.05. The van der Waals surface area contributed by atoms with Gasteiger partial charge in [0.15, 0.2) is 0 Å². The second-order valence-corrected chi connectivity index (χ2v) is 6.59. The van der Waals surface area contributed by atoms with Crippen molar-refractivity contribution in [1.29, 1.82) is 0 Å². The summed E-state index contributed by atoms with van der Waals surface area (Å²) in [6, 6.07) is 15.1. The number of nitrogens with two attached hydrogens (primary N) is 1. The minimum absolute atomic E-state index is 0.412. The fraction of sp³-hybridized carbons (Fsp3) is 0.158. The molecule has 0 saturated carbocycles. The Morgan fingerprint density at radius 3 is 2.48 bits per heavy atom. The number of amides is 1. The molecule has 128 valence electrons. The molecule has 3 rings (SSSR count). The number of benzene rings is 2. The molecule has 1 unspecified atom stereocenters. The highest BCUT2D eigenvalue weighted by Crippen LogP contribution is 2.32. The molecule has 2 aromatic carbocycles. The lowest BCUT2D eigenvalue weighted by Crippen LogP contribution is -2.22. The highest BCUT2D eigenvalue weighted by Gasteiger charge is 2.22. The largest absolute Gasteiger partial charge is 0.497 e. The van der Waals surface area contributed by atoms with Crippen molar-refractivity contribution in [1.82, 2.24) is 9.78 Å². The number of hydrogen-bond acceptors (Lipinski definition) is 3. The van der Waals surface area contributed by atoms with Crippen LogP contribution < -0.4 is 10.5 Å². The zero-order valence-corrected chi connectivity index (χ0v) is 15.5. The van der Waals surface area contributed by atoms with Crippen LogP contribution in [0, 0.1) is 0 Å². The Hall–Kier alpha value is -2.60. The van der Waals surface area contributed by atoms with Crippen molar-refractivity contribution in [2.24, 2.45) is 12.8 Å². The first-order valence-electron chi connectivity index (χ1n) is 7.72. The van der Waals surface area contributed by atoms with Crippen LogP contribution in [0.5, 0.6) is 5.75 Å². The van der Waals surface area contributed by atoms with E-state index in [4.69, 9.17) is 10.5 Å². The van der Waals surface area contributed by atoms with Crippen LogP contribution in [0.3, 0.4) is 0 Å². The summed E-state index contributed by atoms with van der Waals surface area (Å²) in [7, 11) is 3.46. The molecule has 6 heteroatoms. The van der Waals surface area contributed by atoms with Crippen LogP contribution in [0.2, 0.25) is 0 Å². The van der Waals surface area contributed by atoms with Crippen LogP contribution in [0.1, 0.15) is 17.0 Å². The van der Waals surface area contributed by atoms with Gasteiger partial charge in [-0.15, -0.1) is 0 Å². The zero-order valence-electron chi connectivity index (χ0n) is 13.9. The minimum Gasteiger partial charge on any atom is -0.497 e. The summed E-state index contributed by atoms with van der Waals surface area (Å²) in [6.45, 7) is 0. The average molecular weight is 400 g/mol. The van der Waals surface area contributed by atoms with E-state index in [2.05, 4.69) is 21.0 Å². The normalized spacial score (nSPS) is 12.0. The molecule has 3 aromatic rings. The summed E-state index contributed by atoms with van der Waals surface area (Å²) in [6.07, 6.45) is 1.88. The number of methoxy groups -OCH3 is 1. The highest BCUT2D eigenvalue weighted by atomic mass is 79.9. The lowest BCUT2D eigenvalue weighted by atomic mass is 9.89. The van der Waals surface area contributed by atoms with Crippen molar-refractivity contribution >= 4 is 21.8 Å². The fourth-order valence-corrected chi connectivity index (χ4v) is 3.47. The summed E-state index contributed by atoms with van der Waals surface area (Å²) < 4.78 is 7.89. The van der Waals surface area contributed by atoms with E-state index in [0.29, 0.717) is 5.75 Å². The van der Waals surface area contributed by atoms with Gasteiger partial charge >= 0.3 is 0 Å². The summed E-state index contributed by atoms with van der Waals surface area (Å²) in [5, 5.41) is 4.46. The number of aromatic nitrogens is 2. The Morgan fingerprint density at radius 1 is 1.20 bits per heavy atom. The van der Waals surface area contributed by atoms with E-state index in [1.807, 2.05) is 61.8 Å². The van der Waals surface area contributed by atoms with Gasteiger partial charge < -0.3 is 10.5 Å². The van der Waals surface area contributed by atoms with Gasteiger partial charge in [-0.05, 0) is 45.3 Å². The van der Waals surface area contributed by atoms with Crippen molar-refractivity contribution in [2.45, 2.75) is 5.92 Å². The Balaban J connectivity index is 2.07. The van der Waals surface area contributed by atoms with Crippen molar-refractivity contribution < 1.29 is 9.53 Å². The molecule has 0 aliphatic heterocycles. The Labute approximate surface area is 154 Å². The maximum atomic E-state index is 12.2. The smallest absolute Gasteiger partial charge is 0.229 e. The lowest BCUT2D eigenvalue weighted by Gasteiger charge is -2.16. The summed E-state index contributed by atoms with van der Waals surface area (Å²) in [4.78, 5) is 12.2. The van der Waals surface area contributed by atoms with Crippen LogP contribution in [-0.4, -0.2) is 22.8 Å². The van der Waals surface area contributed by atoms with Crippen LogP contribution in [0.15, 0.2) is 59.2 Å². The Bertz CT molecular complexity index is 921. The van der Waals surface area contributed by atoms with E-state index >= 15 is 0 Å². The topological polar surface area (TPSA) is 70.1 Å². The van der Waals surface area contributed by atoms with E-state index in [1.165, 1.54) is 0 Å². The number of hydrogen-bond donors (Lipinski definition) is 1. The predicted octanol–water partition coefficient (Wildman–Crippen LogP) is 3.48. The predicted molar refractivity (Wildman–Crippen MR) is 100 cm³/mol. The van der Waals surface area contributed by atoms with Gasteiger partial charge in [0, 0.05) is 18.8 Å². The van der Waals surface area contributed by atoms with Gasteiger partial charge in [-0.3, -0.25) is 9.48 Å². The number of rotatable bonds is 5. The molecule has 1 amide bonds. The van der Waals surface area contributed by atoms with Gasteiger partial charge in [0.25, 0.3) is 0 Å². The SMILES string of the molecule is COc1cccc(C(C(N)=O)c2cccc(-c3nn(C)cc3Br)c2)c1. The third-order valence-corrected chi connectivity index (χ3v) is 4.57. The van der Waals surface area contributed by atoms with Crippen LogP contribution in [0.4, 0.5) is 0 Å². The molecule has 25 heavy (non-hydrogen) atoms. The summed E-state index contributed by atoms with van der Waals surface area (Å²) >= 11 is 3.52. The third-order valence-electron chi connectivity index (χ3n) is 3.99. The quantitative estimate of drug-likeness (QED) is 0.713. The molecule has 5 nitrogen and oxygen atoms in total. The standard InChI is InChI=1S/C19H18BrN3O2/c1-23-11-16(20)18(22-23)14-7-3-5-12(9-14)17(19(21)24)13-6-4-8-15(10-13)25-2/h3-11,17H,1-2H3,(H2,21,24). The molecule has 1 heterocycles. The maximum absolute atomic E-state index is 12.2. The number of nitrogens with zero attached hydrogens (tertiary/aromatic N) is 2. The van der Waals surface area contributed by atoms with Crippen LogP contribution in [-0.2, 0) is 11.8 Å². The van der Waals surface area contributed by atoms with E-state index in [1.54, 1.807) is 11.8 Å². The molecular weight excluding hydrogens is 382 g/mol. The molecule has 2 N–H and O–H groups in total. The Morgan fingerprint density at radius 2 is 1.88 bits per heavy atom. The monoisotopic (exact) mass is 399 g/mol. The first-order chi connectivity index (χ1) is 12.0. The van der Waals surface area contributed by atoms with Crippen LogP contribution >= 0.6 is 15.9 Å². The Kier molecular flexibility index (Phi) is 4.90. The maximum Gasteiger partial charge on any atom is 0.229 e. The average Bonchev–Trinajstić information content (AvgIpc) is 2.93. The number of halogens is 1. The molecule has 0 aliphatic rings. The molecule has 1 atom stereocenters. The molecule has 0 fully saturated rings. The van der Waals surface area contributed by atoms with Crippen molar-refractivity contribution in [3.05, 3.63) is 70.3 Å². The van der Waals surface area contributed by atoms with Gasteiger partial charge in [0.05, 0.1) is 17.5 Å². The number of primary amides is 1. The van der Waals surface area contributed by atoms with Crippen molar-refractivity contribution in [3.8, 4) is 17.0 Å². The van der Waals surface area contributed by atoms with Crippen molar-refractivity contribution in [2.75, 3.05) is 7.11 Å². The van der Waals surface area contributed by atoms with Crippen LogP contribution in [0.25, 0.3) is 11.3 Å². The van der Waals surface area contributed by atoms with Gasteiger partial charge in [-0.25, -0.2) is 0 Å². The van der Waals surface area contributed by atoms with E-state index in [-0.39, 0.29) is 0 Å². The van der Waals surface area contributed by atoms with Gasteiger partial charge in [0.2, 0.25) is 5.91 Å². The number of carbonyl (C=O) groups excluding carboxylic acids is 1. The van der Waals surface area contributed by atoms with E-state index < -0.39 is 11.8 Å². The molecular formula is C19H18BrN3O2. The highest BCUT2D eigenvalue weighted by molar-refractivity contribution is 9.10. The molecule has 0 spiro atoms. The van der Waals surface area contributed by atoms with Crippen molar-refractivity contribution in [3.63, 3.8) is 0 Å². The number of carbonyl (C=O) groups is 1. The van der Waals surface area contributed by atoms with E-state index in [9.17, 15) is 4.79 Å². The van der Waals surface area contributed by atoms with E-state index in [0.717, 1.165) is 26.9 Å². The number of aryl methyl sites for hydroxylation is 1. The second kappa shape index (κ2) is 7.11. The fourth-order valence-electron chi connectivity index (χ4n) is 2.86. The second-order valence-electron chi connectivity index (χ2n) is 5.74. The van der Waals surface area contributed by atoms with Gasteiger partial charge in [-0.2, -0.15) is 5.10 Å². The molecule has 0 aliphatic carbocycles. The first kappa shape index (κ1) is 17.2. The zero-order chi connectivity index (χ0) is 18.0. The molecule has 0 radical (unpaired) electrons. The molecule has 0 bridgehead atoms. The van der Waals surface area contributed by atoms with Gasteiger partial charge in [0.1, 0.15) is 11.4 Å². The molecule has 1 aromatic heterocycles. The molecule has 0 saturated heterocycles. The lowest BCUT2D eigenvalue weighted by molar-refractivity contribution is -0.118. The van der Waals surface area contributed by atoms with Gasteiger partial charge in [-0.1, -0.05) is 30.3 Å². The summed E-state index contributed by atoms with van der Waals surface area (Å²) in [5.74, 6) is -0.282. The minimum atomic E-state index is -0.558. The number of ether oxygens (including phenoxy) is 1.